The maximum absolute atomic E-state index is 13.0. The van der Waals surface area contributed by atoms with Crippen molar-refractivity contribution in [3.8, 4) is 0 Å². The molecule has 0 aliphatic heterocycles. The van der Waals surface area contributed by atoms with E-state index in [1.807, 2.05) is 0 Å². The van der Waals surface area contributed by atoms with Crippen molar-refractivity contribution in [2.45, 2.75) is 59.2 Å². The molecule has 1 unspecified atom stereocenters. The molecule has 0 N–H and O–H groups in total. The van der Waals surface area contributed by atoms with Crippen LogP contribution in [0.5, 0.6) is 0 Å². The third-order valence-corrected chi connectivity index (χ3v) is 4.91. The molecule has 0 radical (unpaired) electrons. The summed E-state index contributed by atoms with van der Waals surface area (Å²) in [7, 11) is 0. The molecule has 1 atom stereocenters. The van der Waals surface area contributed by atoms with Crippen molar-refractivity contribution in [1.82, 2.24) is 14.5 Å². The number of aryl methyl sites for hydroxylation is 1. The quantitative estimate of drug-likeness (QED) is 0.641. The summed E-state index contributed by atoms with van der Waals surface area (Å²) in [5.41, 5.74) is 0.597. The number of hydrogen-bond acceptors (Lipinski definition) is 2. The van der Waals surface area contributed by atoms with Crippen LogP contribution in [0, 0.1) is 0 Å². The Kier molecular flexibility index (Phi) is 6.49. The topological polar surface area (TPSA) is 21.1 Å². The van der Waals surface area contributed by atoms with Crippen LogP contribution in [0.25, 0.3) is 11.0 Å². The minimum Gasteiger partial charge on any atom is -0.328 e. The molecule has 2 aromatic rings. The fraction of sp³-hybridized carbons (Fsp3) is 0.632. The summed E-state index contributed by atoms with van der Waals surface area (Å²) in [6.45, 7) is 12.2. The Bertz CT molecular complexity index is 687. The van der Waals surface area contributed by atoms with Crippen LogP contribution in [-0.4, -0.2) is 34.1 Å². The highest BCUT2D eigenvalue weighted by Crippen LogP contribution is 2.32. The molecule has 1 aromatic heterocycles. The number of rotatable bonds is 8. The van der Waals surface area contributed by atoms with Crippen LogP contribution >= 0.6 is 0 Å². The number of alkyl halides is 3. The van der Waals surface area contributed by atoms with E-state index in [0.717, 1.165) is 56.4 Å². The molecule has 1 heterocycles. The van der Waals surface area contributed by atoms with E-state index < -0.39 is 11.7 Å². The second-order valence-corrected chi connectivity index (χ2v) is 6.51. The Labute approximate surface area is 147 Å². The van der Waals surface area contributed by atoms with Crippen LogP contribution in [0.3, 0.4) is 0 Å². The van der Waals surface area contributed by atoms with Gasteiger partial charge in [-0.3, -0.25) is 0 Å². The van der Waals surface area contributed by atoms with Gasteiger partial charge in [0.05, 0.1) is 16.6 Å². The van der Waals surface area contributed by atoms with E-state index in [4.69, 9.17) is 0 Å². The SMILES string of the molecule is CCC(C)c1nc2cc(C(F)(F)F)ccc2n1CCCN(CC)CC. The average Bonchev–Trinajstić information content (AvgIpc) is 2.95. The van der Waals surface area contributed by atoms with E-state index in [2.05, 4.69) is 42.1 Å². The highest BCUT2D eigenvalue weighted by atomic mass is 19.4. The summed E-state index contributed by atoms with van der Waals surface area (Å²) in [6.07, 6.45) is -2.47. The van der Waals surface area contributed by atoms with Crippen LogP contribution in [0.4, 0.5) is 13.2 Å². The number of hydrogen-bond donors (Lipinski definition) is 0. The minimum atomic E-state index is -4.34. The third kappa shape index (κ3) is 4.54. The van der Waals surface area contributed by atoms with Gasteiger partial charge < -0.3 is 9.47 Å². The van der Waals surface area contributed by atoms with Crippen molar-refractivity contribution in [1.29, 1.82) is 0 Å². The molecule has 0 saturated heterocycles. The lowest BCUT2D eigenvalue weighted by Gasteiger charge is -2.19. The van der Waals surface area contributed by atoms with Gasteiger partial charge in [-0.2, -0.15) is 13.2 Å². The van der Waals surface area contributed by atoms with E-state index in [1.54, 1.807) is 6.07 Å². The Morgan fingerprint density at radius 3 is 2.40 bits per heavy atom. The van der Waals surface area contributed by atoms with Gasteiger partial charge in [0.25, 0.3) is 0 Å². The largest absolute Gasteiger partial charge is 0.416 e. The highest BCUT2D eigenvalue weighted by molar-refractivity contribution is 5.77. The molecule has 0 fully saturated rings. The maximum atomic E-state index is 13.0. The van der Waals surface area contributed by atoms with E-state index in [0.29, 0.717) is 5.52 Å². The summed E-state index contributed by atoms with van der Waals surface area (Å²) in [5.74, 6) is 1.10. The lowest BCUT2D eigenvalue weighted by molar-refractivity contribution is -0.137. The molecule has 2 rings (SSSR count). The van der Waals surface area contributed by atoms with Crippen molar-refractivity contribution in [3.63, 3.8) is 0 Å². The number of nitrogens with zero attached hydrogens (tertiary/aromatic N) is 3. The highest BCUT2D eigenvalue weighted by Gasteiger charge is 2.31. The second-order valence-electron chi connectivity index (χ2n) is 6.51. The number of fused-ring (bicyclic) bond motifs is 1. The van der Waals surface area contributed by atoms with Gasteiger partial charge in [-0.05, 0) is 50.7 Å². The monoisotopic (exact) mass is 355 g/mol. The molecule has 0 aliphatic carbocycles. The van der Waals surface area contributed by atoms with Crippen LogP contribution in [0.2, 0.25) is 0 Å². The predicted molar refractivity (Wildman–Crippen MR) is 95.8 cm³/mol. The van der Waals surface area contributed by atoms with Gasteiger partial charge in [-0.25, -0.2) is 4.98 Å². The first-order chi connectivity index (χ1) is 11.8. The second kappa shape index (κ2) is 8.21. The summed E-state index contributed by atoms with van der Waals surface area (Å²) in [5, 5.41) is 0. The number of halogens is 3. The summed E-state index contributed by atoms with van der Waals surface area (Å²) >= 11 is 0. The van der Waals surface area contributed by atoms with E-state index >= 15 is 0 Å². The molecular weight excluding hydrogens is 327 g/mol. The lowest BCUT2D eigenvalue weighted by atomic mass is 10.1. The van der Waals surface area contributed by atoms with Crippen LogP contribution in [-0.2, 0) is 12.7 Å². The van der Waals surface area contributed by atoms with Gasteiger partial charge in [0.2, 0.25) is 0 Å². The van der Waals surface area contributed by atoms with Gasteiger partial charge in [0.1, 0.15) is 5.82 Å². The normalized spacial score (nSPS) is 13.8. The summed E-state index contributed by atoms with van der Waals surface area (Å²) in [6, 6.07) is 3.89. The lowest BCUT2D eigenvalue weighted by Crippen LogP contribution is -2.25. The fourth-order valence-corrected chi connectivity index (χ4v) is 3.11. The van der Waals surface area contributed by atoms with E-state index in [9.17, 15) is 13.2 Å². The first kappa shape index (κ1) is 19.8. The minimum absolute atomic E-state index is 0.218. The Morgan fingerprint density at radius 2 is 1.84 bits per heavy atom. The molecule has 3 nitrogen and oxygen atoms in total. The third-order valence-electron chi connectivity index (χ3n) is 4.91. The van der Waals surface area contributed by atoms with Crippen LogP contribution < -0.4 is 0 Å². The smallest absolute Gasteiger partial charge is 0.328 e. The van der Waals surface area contributed by atoms with Gasteiger partial charge in [0, 0.05) is 12.5 Å². The van der Waals surface area contributed by atoms with Crippen molar-refractivity contribution >= 4 is 11.0 Å². The summed E-state index contributed by atoms with van der Waals surface area (Å²) in [4.78, 5) is 6.90. The molecule has 140 valence electrons. The zero-order valence-corrected chi connectivity index (χ0v) is 15.5. The van der Waals surface area contributed by atoms with Crippen LogP contribution in [0.15, 0.2) is 18.2 Å². The van der Waals surface area contributed by atoms with Crippen molar-refractivity contribution in [3.05, 3.63) is 29.6 Å². The van der Waals surface area contributed by atoms with Gasteiger partial charge in [-0.15, -0.1) is 0 Å². The predicted octanol–water partition coefficient (Wildman–Crippen LogP) is 5.30. The molecule has 0 saturated carbocycles. The molecule has 1 aromatic carbocycles. The maximum Gasteiger partial charge on any atom is 0.416 e. The molecule has 0 spiro atoms. The zero-order chi connectivity index (χ0) is 18.6. The molecule has 25 heavy (non-hydrogen) atoms. The van der Waals surface area contributed by atoms with Gasteiger partial charge in [-0.1, -0.05) is 27.7 Å². The van der Waals surface area contributed by atoms with Crippen LogP contribution in [0.1, 0.15) is 57.8 Å². The van der Waals surface area contributed by atoms with E-state index in [1.165, 1.54) is 6.07 Å². The molecule has 6 heteroatoms. The number of imidazole rings is 1. The Balaban J connectivity index is 2.34. The van der Waals surface area contributed by atoms with Crippen molar-refractivity contribution < 1.29 is 13.2 Å². The molecule has 0 aliphatic rings. The van der Waals surface area contributed by atoms with Crippen molar-refractivity contribution in [2.75, 3.05) is 19.6 Å². The Hall–Kier alpha value is -1.56. The average molecular weight is 355 g/mol. The van der Waals surface area contributed by atoms with Gasteiger partial charge >= 0.3 is 6.18 Å². The zero-order valence-electron chi connectivity index (χ0n) is 15.5. The first-order valence-corrected chi connectivity index (χ1v) is 9.11. The van der Waals surface area contributed by atoms with Gasteiger partial charge in [0.15, 0.2) is 0 Å². The number of aromatic nitrogens is 2. The molecule has 0 bridgehead atoms. The molecule has 0 amide bonds. The van der Waals surface area contributed by atoms with Crippen molar-refractivity contribution in [2.24, 2.45) is 0 Å². The van der Waals surface area contributed by atoms with E-state index in [-0.39, 0.29) is 5.92 Å². The standard InChI is InChI=1S/C19H28F3N3/c1-5-14(4)18-23-16-13-15(19(20,21)22)9-10-17(16)25(18)12-8-11-24(6-2)7-3/h9-10,13-14H,5-8,11-12H2,1-4H3. The summed E-state index contributed by atoms with van der Waals surface area (Å²) < 4.78 is 41.0. The first-order valence-electron chi connectivity index (χ1n) is 9.11. The fourth-order valence-electron chi connectivity index (χ4n) is 3.11. The number of benzene rings is 1. The Morgan fingerprint density at radius 1 is 1.16 bits per heavy atom. The molecular formula is C19H28F3N3.